The van der Waals surface area contributed by atoms with E-state index in [9.17, 15) is 4.79 Å². The number of carbonyl (C=O) groups is 1. The molecule has 0 bridgehead atoms. The maximum Gasteiger partial charge on any atom is 0.255 e. The second kappa shape index (κ2) is 5.90. The van der Waals surface area contributed by atoms with Crippen LogP contribution in [0.15, 0.2) is 22.7 Å². The number of carbonyl (C=O) groups excluding carboxylic acids is 1. The molecule has 1 aromatic rings. The summed E-state index contributed by atoms with van der Waals surface area (Å²) in [6, 6.07) is 5.20. The summed E-state index contributed by atoms with van der Waals surface area (Å²) in [4.78, 5) is 14.2. The van der Waals surface area contributed by atoms with Crippen molar-refractivity contribution in [1.29, 1.82) is 0 Å². The van der Waals surface area contributed by atoms with Gasteiger partial charge in [0.05, 0.1) is 5.56 Å². The molecule has 1 aromatic carbocycles. The van der Waals surface area contributed by atoms with Crippen LogP contribution in [-0.4, -0.2) is 50.3 Å². The molecule has 6 heteroatoms. The van der Waals surface area contributed by atoms with Gasteiger partial charge in [-0.15, -0.1) is 0 Å². The van der Waals surface area contributed by atoms with Gasteiger partial charge in [-0.25, -0.2) is 0 Å². The first kappa shape index (κ1) is 14.3. The molecule has 1 heterocycles. The number of hydrogen-bond donors (Lipinski definition) is 1. The predicted octanol–water partition coefficient (Wildman–Crippen LogP) is 1.52. The fourth-order valence-electron chi connectivity index (χ4n) is 2.24. The number of nitrogens with zero attached hydrogens (tertiary/aromatic N) is 1. The van der Waals surface area contributed by atoms with Crippen LogP contribution in [0.2, 0.25) is 0 Å². The first-order chi connectivity index (χ1) is 9.06. The van der Waals surface area contributed by atoms with Crippen molar-refractivity contribution in [1.82, 2.24) is 4.90 Å². The van der Waals surface area contributed by atoms with Crippen LogP contribution in [0, 0.1) is 0 Å². The normalized spacial score (nSPS) is 22.8. The number of amides is 1. The summed E-state index contributed by atoms with van der Waals surface area (Å²) in [6.45, 7) is 1.05. The third-order valence-corrected chi connectivity index (χ3v) is 4.02. The Morgan fingerprint density at radius 1 is 1.32 bits per heavy atom. The monoisotopic (exact) mass is 328 g/mol. The van der Waals surface area contributed by atoms with Gasteiger partial charge in [0.2, 0.25) is 0 Å². The van der Waals surface area contributed by atoms with Crippen LogP contribution in [0.5, 0.6) is 0 Å². The minimum Gasteiger partial charge on any atom is -0.399 e. The van der Waals surface area contributed by atoms with E-state index < -0.39 is 0 Å². The van der Waals surface area contributed by atoms with Gasteiger partial charge < -0.3 is 20.1 Å². The Morgan fingerprint density at radius 3 is 2.42 bits per heavy atom. The molecule has 0 aliphatic carbocycles. The maximum atomic E-state index is 12.5. The minimum absolute atomic E-state index is 0.0687. The number of anilines is 1. The second-order valence-corrected chi connectivity index (χ2v) is 5.35. The highest BCUT2D eigenvalue weighted by atomic mass is 79.9. The summed E-state index contributed by atoms with van der Waals surface area (Å²) in [5.41, 5.74) is 6.86. The van der Waals surface area contributed by atoms with Gasteiger partial charge in [-0.3, -0.25) is 4.79 Å². The molecule has 1 aliphatic heterocycles. The van der Waals surface area contributed by atoms with E-state index in [1.165, 1.54) is 0 Å². The summed E-state index contributed by atoms with van der Waals surface area (Å²) in [6.07, 6.45) is -0.178. The first-order valence-corrected chi connectivity index (χ1v) is 6.76. The number of rotatable bonds is 3. The maximum absolute atomic E-state index is 12.5. The summed E-state index contributed by atoms with van der Waals surface area (Å²) in [5.74, 6) is -0.0687. The van der Waals surface area contributed by atoms with Crippen LogP contribution in [0.4, 0.5) is 5.69 Å². The molecule has 19 heavy (non-hydrogen) atoms. The van der Waals surface area contributed by atoms with Crippen LogP contribution >= 0.6 is 15.9 Å². The largest absolute Gasteiger partial charge is 0.399 e. The van der Waals surface area contributed by atoms with E-state index in [1.54, 1.807) is 37.3 Å². The van der Waals surface area contributed by atoms with E-state index >= 15 is 0 Å². The van der Waals surface area contributed by atoms with Crippen molar-refractivity contribution in [3.63, 3.8) is 0 Å². The zero-order valence-electron chi connectivity index (χ0n) is 10.9. The topological polar surface area (TPSA) is 64.8 Å². The van der Waals surface area contributed by atoms with Gasteiger partial charge in [0, 0.05) is 37.5 Å². The van der Waals surface area contributed by atoms with Gasteiger partial charge in [-0.1, -0.05) is 0 Å². The van der Waals surface area contributed by atoms with Crippen LogP contribution in [0.25, 0.3) is 0 Å². The lowest BCUT2D eigenvalue weighted by atomic mass is 10.2. The van der Waals surface area contributed by atoms with E-state index in [-0.39, 0.29) is 18.1 Å². The molecule has 1 fully saturated rings. The lowest BCUT2D eigenvalue weighted by Crippen LogP contribution is -2.30. The second-order valence-electron chi connectivity index (χ2n) is 4.50. The van der Waals surface area contributed by atoms with Crippen LogP contribution in [0.3, 0.4) is 0 Å². The number of ether oxygens (including phenoxy) is 2. The van der Waals surface area contributed by atoms with Crippen LogP contribution < -0.4 is 5.73 Å². The lowest BCUT2D eigenvalue weighted by Gasteiger charge is -2.17. The van der Waals surface area contributed by atoms with Gasteiger partial charge in [0.1, 0.15) is 12.2 Å². The Bertz CT molecular complexity index is 469. The van der Waals surface area contributed by atoms with Crippen molar-refractivity contribution < 1.29 is 14.3 Å². The number of halogens is 1. The van der Waals surface area contributed by atoms with Gasteiger partial charge >= 0.3 is 0 Å². The summed E-state index contributed by atoms with van der Waals surface area (Å²) in [7, 11) is 3.25. The molecule has 1 amide bonds. The van der Waals surface area contributed by atoms with E-state index in [4.69, 9.17) is 15.2 Å². The van der Waals surface area contributed by atoms with Crippen molar-refractivity contribution >= 4 is 27.5 Å². The van der Waals surface area contributed by atoms with Crippen molar-refractivity contribution in [2.75, 3.05) is 33.0 Å². The molecule has 1 aliphatic rings. The number of nitrogen functional groups attached to an aromatic ring is 1. The molecule has 0 saturated carbocycles. The fourth-order valence-corrected chi connectivity index (χ4v) is 2.66. The highest BCUT2D eigenvalue weighted by Gasteiger charge is 2.36. The zero-order chi connectivity index (χ0) is 14.0. The summed E-state index contributed by atoms with van der Waals surface area (Å²) >= 11 is 3.38. The van der Waals surface area contributed by atoms with E-state index in [2.05, 4.69) is 15.9 Å². The number of hydrogen-bond acceptors (Lipinski definition) is 4. The summed E-state index contributed by atoms with van der Waals surface area (Å²) in [5, 5.41) is 0. The van der Waals surface area contributed by atoms with E-state index in [0.717, 1.165) is 4.47 Å². The molecule has 0 aromatic heterocycles. The molecule has 5 nitrogen and oxygen atoms in total. The Kier molecular flexibility index (Phi) is 4.44. The number of nitrogens with two attached hydrogens (primary N) is 1. The van der Waals surface area contributed by atoms with Crippen molar-refractivity contribution in [2.45, 2.75) is 12.2 Å². The quantitative estimate of drug-likeness (QED) is 0.854. The molecule has 104 valence electrons. The highest BCUT2D eigenvalue weighted by Crippen LogP contribution is 2.24. The average Bonchev–Trinajstić information content (AvgIpc) is 2.84. The molecular formula is C13H17BrN2O3. The van der Waals surface area contributed by atoms with E-state index in [1.807, 2.05) is 0 Å². The lowest BCUT2D eigenvalue weighted by molar-refractivity contribution is -0.00461. The van der Waals surface area contributed by atoms with Crippen LogP contribution in [-0.2, 0) is 9.47 Å². The summed E-state index contributed by atoms with van der Waals surface area (Å²) < 4.78 is 11.4. The Morgan fingerprint density at radius 2 is 1.89 bits per heavy atom. The number of likely N-dealkylation sites (tertiary alicyclic amines) is 1. The number of methoxy groups -OCH3 is 2. The average molecular weight is 329 g/mol. The molecule has 2 atom stereocenters. The zero-order valence-corrected chi connectivity index (χ0v) is 12.5. The molecule has 1 saturated heterocycles. The Labute approximate surface area is 120 Å². The first-order valence-electron chi connectivity index (χ1n) is 5.96. The molecular weight excluding hydrogens is 312 g/mol. The molecule has 0 spiro atoms. The van der Waals surface area contributed by atoms with Gasteiger partial charge in [0.25, 0.3) is 5.91 Å². The molecule has 2 rings (SSSR count). The van der Waals surface area contributed by atoms with E-state index in [0.29, 0.717) is 24.3 Å². The SMILES string of the molecule is COC1CN(C(=O)c2cc(N)ccc2Br)CC1OC. The Balaban J connectivity index is 2.19. The molecule has 2 unspecified atom stereocenters. The van der Waals surface area contributed by atoms with Gasteiger partial charge in [-0.2, -0.15) is 0 Å². The minimum atomic E-state index is -0.0891. The highest BCUT2D eigenvalue weighted by molar-refractivity contribution is 9.10. The fraction of sp³-hybridized carbons (Fsp3) is 0.462. The smallest absolute Gasteiger partial charge is 0.255 e. The third kappa shape index (κ3) is 2.91. The van der Waals surface area contributed by atoms with Gasteiger partial charge in [-0.05, 0) is 34.1 Å². The standard InChI is InChI=1S/C13H17BrN2O3/c1-18-11-6-16(7-12(11)19-2)13(17)9-5-8(15)3-4-10(9)14/h3-5,11-12H,6-7,15H2,1-2H3. The van der Waals surface area contributed by atoms with Crippen molar-refractivity contribution in [3.05, 3.63) is 28.2 Å². The number of benzene rings is 1. The molecule has 2 N–H and O–H groups in total. The predicted molar refractivity (Wildman–Crippen MR) is 76.1 cm³/mol. The third-order valence-electron chi connectivity index (χ3n) is 3.33. The van der Waals surface area contributed by atoms with Crippen molar-refractivity contribution in [2.24, 2.45) is 0 Å². The van der Waals surface area contributed by atoms with Crippen molar-refractivity contribution in [3.8, 4) is 0 Å². The van der Waals surface area contributed by atoms with Gasteiger partial charge in [0.15, 0.2) is 0 Å². The van der Waals surface area contributed by atoms with Crippen LogP contribution in [0.1, 0.15) is 10.4 Å². The Hall–Kier alpha value is -1.11. The molecule has 0 radical (unpaired) electrons.